The molecular weight excluding hydrogens is 211 g/mol. The van der Waals surface area contributed by atoms with E-state index in [9.17, 15) is 9.50 Å². The third kappa shape index (κ3) is 2.33. The summed E-state index contributed by atoms with van der Waals surface area (Å²) in [5.74, 6) is -0.340. The third-order valence-corrected chi connectivity index (χ3v) is 2.88. The van der Waals surface area contributed by atoms with Gasteiger partial charge in [0.15, 0.2) is 11.6 Å². The molecule has 0 heterocycles. The van der Waals surface area contributed by atoms with Crippen LogP contribution in [0.3, 0.4) is 0 Å². The minimum absolute atomic E-state index is 0.157. The minimum Gasteiger partial charge on any atom is -0.494 e. The molecule has 0 aromatic heterocycles. The summed E-state index contributed by atoms with van der Waals surface area (Å²) in [5, 5.41) is 10.2. The van der Waals surface area contributed by atoms with Gasteiger partial charge in [0.1, 0.15) is 5.60 Å². The number of aliphatic hydroxyl groups is 1. The van der Waals surface area contributed by atoms with E-state index in [0.29, 0.717) is 5.56 Å². The highest BCUT2D eigenvalue weighted by Gasteiger charge is 2.31. The maximum atomic E-state index is 13.5. The summed E-state index contributed by atoms with van der Waals surface area (Å²) in [6.45, 7) is 3.31. The van der Waals surface area contributed by atoms with Crippen molar-refractivity contribution in [1.29, 1.82) is 0 Å². The Bertz CT molecular complexity index is 363. The molecule has 2 atom stereocenters. The maximum absolute atomic E-state index is 13.5. The van der Waals surface area contributed by atoms with E-state index >= 15 is 0 Å². The van der Waals surface area contributed by atoms with E-state index in [1.54, 1.807) is 19.9 Å². The smallest absolute Gasteiger partial charge is 0.165 e. The van der Waals surface area contributed by atoms with Crippen LogP contribution in [-0.2, 0) is 10.3 Å². The molecule has 0 saturated heterocycles. The number of benzene rings is 1. The van der Waals surface area contributed by atoms with Gasteiger partial charge in [-0.05, 0) is 31.5 Å². The van der Waals surface area contributed by atoms with Gasteiger partial charge in [0.05, 0.1) is 13.2 Å². The van der Waals surface area contributed by atoms with Crippen LogP contribution in [0.1, 0.15) is 19.4 Å². The van der Waals surface area contributed by atoms with E-state index in [0.717, 1.165) is 0 Å². The molecule has 2 unspecified atom stereocenters. The van der Waals surface area contributed by atoms with Gasteiger partial charge in [-0.15, -0.1) is 0 Å². The highest BCUT2D eigenvalue weighted by molar-refractivity contribution is 5.32. The average Bonchev–Trinajstić information content (AvgIpc) is 2.27. The normalized spacial score (nSPS) is 16.6. The molecule has 1 aromatic rings. The molecule has 0 fully saturated rings. The van der Waals surface area contributed by atoms with Gasteiger partial charge in [-0.3, -0.25) is 0 Å². The van der Waals surface area contributed by atoms with E-state index in [1.165, 1.54) is 26.4 Å². The molecule has 0 amide bonds. The second-order valence-corrected chi connectivity index (χ2v) is 3.87. The van der Waals surface area contributed by atoms with Crippen molar-refractivity contribution >= 4 is 0 Å². The Morgan fingerprint density at radius 3 is 2.44 bits per heavy atom. The van der Waals surface area contributed by atoms with Crippen molar-refractivity contribution in [2.45, 2.75) is 25.6 Å². The van der Waals surface area contributed by atoms with Crippen LogP contribution in [0, 0.1) is 5.82 Å². The molecule has 0 aliphatic carbocycles. The fourth-order valence-corrected chi connectivity index (χ4v) is 1.45. The monoisotopic (exact) mass is 228 g/mol. The first-order valence-electron chi connectivity index (χ1n) is 5.02. The largest absolute Gasteiger partial charge is 0.494 e. The summed E-state index contributed by atoms with van der Waals surface area (Å²) >= 11 is 0. The Labute approximate surface area is 94.8 Å². The zero-order valence-corrected chi connectivity index (χ0v) is 9.95. The van der Waals surface area contributed by atoms with Crippen LogP contribution in [0.4, 0.5) is 4.39 Å². The zero-order chi connectivity index (χ0) is 12.3. The summed E-state index contributed by atoms with van der Waals surface area (Å²) in [7, 11) is 2.90. The Morgan fingerprint density at radius 2 is 2.00 bits per heavy atom. The topological polar surface area (TPSA) is 38.7 Å². The van der Waals surface area contributed by atoms with Crippen LogP contribution in [0.25, 0.3) is 0 Å². The average molecular weight is 228 g/mol. The van der Waals surface area contributed by atoms with Gasteiger partial charge in [0, 0.05) is 7.11 Å². The second kappa shape index (κ2) is 4.80. The molecule has 4 heteroatoms. The van der Waals surface area contributed by atoms with Crippen LogP contribution < -0.4 is 4.74 Å². The van der Waals surface area contributed by atoms with E-state index < -0.39 is 17.5 Å². The quantitative estimate of drug-likeness (QED) is 0.857. The summed E-state index contributed by atoms with van der Waals surface area (Å²) in [6.07, 6.45) is -0.430. The Kier molecular flexibility index (Phi) is 3.88. The van der Waals surface area contributed by atoms with Crippen LogP contribution >= 0.6 is 0 Å². The Hall–Kier alpha value is -1.13. The molecule has 0 spiro atoms. The summed E-state index contributed by atoms with van der Waals surface area (Å²) < 4.78 is 23.3. The molecule has 0 aliphatic heterocycles. The van der Waals surface area contributed by atoms with Crippen LogP contribution in [0.2, 0.25) is 0 Å². The van der Waals surface area contributed by atoms with Crippen LogP contribution in [0.15, 0.2) is 18.2 Å². The number of methoxy groups -OCH3 is 2. The molecule has 3 nitrogen and oxygen atoms in total. The van der Waals surface area contributed by atoms with E-state index in [1.807, 2.05) is 0 Å². The van der Waals surface area contributed by atoms with Crippen molar-refractivity contribution < 1.29 is 19.0 Å². The number of rotatable bonds is 4. The number of hydrogen-bond donors (Lipinski definition) is 1. The van der Waals surface area contributed by atoms with E-state index in [4.69, 9.17) is 9.47 Å². The Morgan fingerprint density at radius 1 is 1.38 bits per heavy atom. The lowest BCUT2D eigenvalue weighted by molar-refractivity contribution is -0.0773. The molecule has 0 radical (unpaired) electrons. The van der Waals surface area contributed by atoms with Gasteiger partial charge >= 0.3 is 0 Å². The molecular formula is C12H17FO3. The standard InChI is InChI=1S/C12H17FO3/c1-8(15-3)12(2,14)9-5-6-11(16-4)10(13)7-9/h5-8,14H,1-4H3. The molecule has 1 aromatic carbocycles. The first kappa shape index (κ1) is 12.9. The van der Waals surface area contributed by atoms with Gasteiger partial charge in [-0.25, -0.2) is 4.39 Å². The second-order valence-electron chi connectivity index (χ2n) is 3.87. The summed E-state index contributed by atoms with van der Waals surface area (Å²) in [5.41, 5.74) is -0.776. The van der Waals surface area contributed by atoms with Gasteiger partial charge in [-0.1, -0.05) is 6.07 Å². The molecule has 1 rings (SSSR count). The first-order chi connectivity index (χ1) is 7.43. The fourth-order valence-electron chi connectivity index (χ4n) is 1.45. The molecule has 0 saturated carbocycles. The van der Waals surface area contributed by atoms with E-state index in [-0.39, 0.29) is 5.75 Å². The van der Waals surface area contributed by atoms with Gasteiger partial charge < -0.3 is 14.6 Å². The highest BCUT2D eigenvalue weighted by Crippen LogP contribution is 2.29. The van der Waals surface area contributed by atoms with Crippen molar-refractivity contribution in [2.24, 2.45) is 0 Å². The van der Waals surface area contributed by atoms with Gasteiger partial charge in [0.25, 0.3) is 0 Å². The lowest BCUT2D eigenvalue weighted by atomic mass is 9.91. The molecule has 0 aliphatic rings. The van der Waals surface area contributed by atoms with Crippen molar-refractivity contribution in [2.75, 3.05) is 14.2 Å². The minimum atomic E-state index is -1.23. The molecule has 16 heavy (non-hydrogen) atoms. The maximum Gasteiger partial charge on any atom is 0.165 e. The fraction of sp³-hybridized carbons (Fsp3) is 0.500. The SMILES string of the molecule is COc1ccc(C(C)(O)C(C)OC)cc1F. The first-order valence-corrected chi connectivity index (χ1v) is 5.02. The lowest BCUT2D eigenvalue weighted by Crippen LogP contribution is -2.35. The predicted octanol–water partition coefficient (Wildman–Crippen LogP) is 2.08. The number of halogens is 1. The van der Waals surface area contributed by atoms with Gasteiger partial charge in [0.2, 0.25) is 0 Å². The number of ether oxygens (including phenoxy) is 2. The zero-order valence-electron chi connectivity index (χ0n) is 9.95. The van der Waals surface area contributed by atoms with Crippen molar-refractivity contribution in [3.63, 3.8) is 0 Å². The van der Waals surface area contributed by atoms with Crippen molar-refractivity contribution in [3.05, 3.63) is 29.6 Å². The summed E-state index contributed by atoms with van der Waals surface area (Å²) in [6, 6.07) is 4.37. The molecule has 90 valence electrons. The van der Waals surface area contributed by atoms with Crippen molar-refractivity contribution in [1.82, 2.24) is 0 Å². The summed E-state index contributed by atoms with van der Waals surface area (Å²) in [4.78, 5) is 0. The Balaban J connectivity index is 3.09. The molecule has 1 N–H and O–H groups in total. The third-order valence-electron chi connectivity index (χ3n) is 2.88. The van der Waals surface area contributed by atoms with E-state index in [2.05, 4.69) is 0 Å². The highest BCUT2D eigenvalue weighted by atomic mass is 19.1. The molecule has 0 bridgehead atoms. The number of hydrogen-bond acceptors (Lipinski definition) is 3. The van der Waals surface area contributed by atoms with Crippen LogP contribution in [-0.4, -0.2) is 25.4 Å². The van der Waals surface area contributed by atoms with Gasteiger partial charge in [-0.2, -0.15) is 0 Å². The predicted molar refractivity (Wildman–Crippen MR) is 59.0 cm³/mol. The van der Waals surface area contributed by atoms with Crippen molar-refractivity contribution in [3.8, 4) is 5.75 Å². The van der Waals surface area contributed by atoms with Crippen LogP contribution in [0.5, 0.6) is 5.75 Å². The lowest BCUT2D eigenvalue weighted by Gasteiger charge is -2.29.